The van der Waals surface area contributed by atoms with E-state index >= 15 is 0 Å². The van der Waals surface area contributed by atoms with E-state index in [0.717, 1.165) is 24.2 Å². The van der Waals surface area contributed by atoms with E-state index in [-0.39, 0.29) is 5.91 Å². The molecule has 1 aliphatic heterocycles. The zero-order valence-electron chi connectivity index (χ0n) is 12.0. The van der Waals surface area contributed by atoms with Crippen LogP contribution in [0.4, 0.5) is 0 Å². The lowest BCUT2D eigenvalue weighted by Crippen LogP contribution is -2.37. The van der Waals surface area contributed by atoms with Gasteiger partial charge in [0.05, 0.1) is 18.3 Å². The van der Waals surface area contributed by atoms with Crippen molar-refractivity contribution in [1.29, 1.82) is 0 Å². The quantitative estimate of drug-likeness (QED) is 0.869. The molecule has 1 saturated heterocycles. The summed E-state index contributed by atoms with van der Waals surface area (Å²) in [5.41, 5.74) is 1.93. The van der Waals surface area contributed by atoms with Gasteiger partial charge in [-0.15, -0.1) is 0 Å². The Balaban J connectivity index is 1.53. The van der Waals surface area contributed by atoms with Crippen LogP contribution >= 0.6 is 0 Å². The molecule has 1 aromatic carbocycles. The van der Waals surface area contributed by atoms with Gasteiger partial charge in [-0.05, 0) is 37.1 Å². The Morgan fingerprint density at radius 3 is 3.00 bits per heavy atom. The Morgan fingerprint density at radius 2 is 2.24 bits per heavy atom. The number of hydrogen-bond donors (Lipinski definition) is 2. The average Bonchev–Trinajstić information content (AvgIpc) is 3.17. The van der Waals surface area contributed by atoms with Crippen molar-refractivity contribution in [3.63, 3.8) is 0 Å². The van der Waals surface area contributed by atoms with E-state index < -0.39 is 0 Å². The van der Waals surface area contributed by atoms with Crippen LogP contribution < -0.4 is 10.6 Å². The molecule has 2 aromatic rings. The van der Waals surface area contributed by atoms with E-state index in [1.165, 1.54) is 6.42 Å². The molecule has 110 valence electrons. The average molecular weight is 284 g/mol. The van der Waals surface area contributed by atoms with Crippen molar-refractivity contribution < 1.29 is 4.79 Å². The van der Waals surface area contributed by atoms with Crippen molar-refractivity contribution in [2.75, 3.05) is 13.1 Å². The summed E-state index contributed by atoms with van der Waals surface area (Å²) in [4.78, 5) is 11.9. The summed E-state index contributed by atoms with van der Waals surface area (Å²) in [5, 5.41) is 10.7. The lowest BCUT2D eigenvalue weighted by atomic mass is 10.2. The predicted molar refractivity (Wildman–Crippen MR) is 81.3 cm³/mol. The highest BCUT2D eigenvalue weighted by Gasteiger charge is 2.15. The second-order valence-electron chi connectivity index (χ2n) is 5.40. The molecule has 1 amide bonds. The van der Waals surface area contributed by atoms with Crippen LogP contribution in [-0.4, -0.2) is 34.8 Å². The molecule has 1 aliphatic rings. The second-order valence-corrected chi connectivity index (χ2v) is 5.40. The summed E-state index contributed by atoms with van der Waals surface area (Å²) in [6.07, 6.45) is 6.37. The van der Waals surface area contributed by atoms with E-state index in [1.807, 2.05) is 36.5 Å². The number of nitrogens with zero attached hydrogens (tertiary/aromatic N) is 2. The summed E-state index contributed by atoms with van der Waals surface area (Å²) in [6.45, 7) is 1.77. The van der Waals surface area contributed by atoms with Gasteiger partial charge >= 0.3 is 0 Å². The highest BCUT2D eigenvalue weighted by molar-refractivity contribution is 5.78. The number of aromatic nitrogens is 2. The predicted octanol–water partition coefficient (Wildman–Crippen LogP) is 1.28. The van der Waals surface area contributed by atoms with Gasteiger partial charge in [0.1, 0.15) is 0 Å². The summed E-state index contributed by atoms with van der Waals surface area (Å²) in [5.74, 6) is 0.0521. The molecular formula is C16H20N4O. The summed E-state index contributed by atoms with van der Waals surface area (Å²) in [7, 11) is 0. The normalized spacial score (nSPS) is 17.8. The Kier molecular flexibility index (Phi) is 4.31. The van der Waals surface area contributed by atoms with Crippen LogP contribution in [0.1, 0.15) is 18.4 Å². The smallest absolute Gasteiger partial charge is 0.224 e. The molecular weight excluding hydrogens is 264 g/mol. The van der Waals surface area contributed by atoms with Gasteiger partial charge in [-0.1, -0.05) is 18.2 Å². The van der Waals surface area contributed by atoms with Crippen molar-refractivity contribution in [3.05, 3.63) is 48.3 Å². The minimum atomic E-state index is 0.0521. The largest absolute Gasteiger partial charge is 0.354 e. The van der Waals surface area contributed by atoms with Gasteiger partial charge in [-0.25, -0.2) is 4.68 Å². The van der Waals surface area contributed by atoms with Gasteiger partial charge < -0.3 is 10.6 Å². The van der Waals surface area contributed by atoms with E-state index in [2.05, 4.69) is 15.7 Å². The molecule has 5 nitrogen and oxygen atoms in total. The summed E-state index contributed by atoms with van der Waals surface area (Å²) < 4.78 is 1.79. The lowest BCUT2D eigenvalue weighted by Gasteiger charge is -2.10. The minimum absolute atomic E-state index is 0.0521. The summed E-state index contributed by atoms with van der Waals surface area (Å²) in [6, 6.07) is 10.3. The molecule has 0 bridgehead atoms. The third kappa shape index (κ3) is 3.70. The first kappa shape index (κ1) is 13.8. The highest BCUT2D eigenvalue weighted by atomic mass is 16.1. The fourth-order valence-corrected chi connectivity index (χ4v) is 2.59. The van der Waals surface area contributed by atoms with Crippen LogP contribution in [0.5, 0.6) is 0 Å². The number of benzene rings is 1. The van der Waals surface area contributed by atoms with Crippen molar-refractivity contribution >= 4 is 5.91 Å². The second kappa shape index (κ2) is 6.54. The molecule has 0 radical (unpaired) electrons. The Morgan fingerprint density at radius 1 is 1.38 bits per heavy atom. The third-order valence-electron chi connectivity index (χ3n) is 3.73. The van der Waals surface area contributed by atoms with Crippen LogP contribution in [0, 0.1) is 0 Å². The first-order valence-corrected chi connectivity index (χ1v) is 7.40. The number of hydrogen-bond acceptors (Lipinski definition) is 3. The summed E-state index contributed by atoms with van der Waals surface area (Å²) >= 11 is 0. The number of carbonyl (C=O) groups is 1. The number of rotatable bonds is 5. The van der Waals surface area contributed by atoms with Crippen LogP contribution in [0.25, 0.3) is 5.69 Å². The standard InChI is InChI=1S/C16H20N4O/c21-16(18-11-14-5-4-8-17-14)9-13-10-19-20(12-13)15-6-2-1-3-7-15/h1-3,6-7,10,12,14,17H,4-5,8-9,11H2,(H,18,21). The molecule has 21 heavy (non-hydrogen) atoms. The van der Waals surface area contributed by atoms with E-state index in [1.54, 1.807) is 10.9 Å². The van der Waals surface area contributed by atoms with Crippen molar-refractivity contribution in [1.82, 2.24) is 20.4 Å². The van der Waals surface area contributed by atoms with Gasteiger partial charge in [0.25, 0.3) is 0 Å². The van der Waals surface area contributed by atoms with Gasteiger partial charge in [0.2, 0.25) is 5.91 Å². The van der Waals surface area contributed by atoms with Gasteiger partial charge in [-0.3, -0.25) is 4.79 Å². The maximum Gasteiger partial charge on any atom is 0.224 e. The maximum atomic E-state index is 11.9. The lowest BCUT2D eigenvalue weighted by molar-refractivity contribution is -0.120. The van der Waals surface area contributed by atoms with E-state index in [4.69, 9.17) is 0 Å². The fourth-order valence-electron chi connectivity index (χ4n) is 2.59. The zero-order valence-corrected chi connectivity index (χ0v) is 12.0. The monoisotopic (exact) mass is 284 g/mol. The Hall–Kier alpha value is -2.14. The molecule has 1 fully saturated rings. The molecule has 1 unspecified atom stereocenters. The van der Waals surface area contributed by atoms with Gasteiger partial charge in [0, 0.05) is 18.8 Å². The molecule has 1 atom stereocenters. The SMILES string of the molecule is O=C(Cc1cnn(-c2ccccc2)c1)NCC1CCCN1. The molecule has 3 rings (SSSR count). The van der Waals surface area contributed by atoms with Crippen LogP contribution in [0.2, 0.25) is 0 Å². The molecule has 2 heterocycles. The molecule has 5 heteroatoms. The van der Waals surface area contributed by atoms with Crippen molar-refractivity contribution in [2.24, 2.45) is 0 Å². The van der Waals surface area contributed by atoms with Gasteiger partial charge in [-0.2, -0.15) is 5.10 Å². The number of amides is 1. The molecule has 0 spiro atoms. The molecule has 1 aromatic heterocycles. The molecule has 0 saturated carbocycles. The number of nitrogens with one attached hydrogen (secondary N) is 2. The van der Waals surface area contributed by atoms with Crippen molar-refractivity contribution in [3.8, 4) is 5.69 Å². The Labute approximate surface area is 124 Å². The Bertz CT molecular complexity index is 587. The maximum absolute atomic E-state index is 11.9. The highest BCUT2D eigenvalue weighted by Crippen LogP contribution is 2.08. The number of para-hydroxylation sites is 1. The van der Waals surface area contributed by atoms with E-state index in [0.29, 0.717) is 19.0 Å². The molecule has 2 N–H and O–H groups in total. The minimum Gasteiger partial charge on any atom is -0.354 e. The van der Waals surface area contributed by atoms with Crippen LogP contribution in [0.3, 0.4) is 0 Å². The van der Waals surface area contributed by atoms with Crippen LogP contribution in [-0.2, 0) is 11.2 Å². The molecule has 0 aliphatic carbocycles. The van der Waals surface area contributed by atoms with Crippen LogP contribution in [0.15, 0.2) is 42.7 Å². The third-order valence-corrected chi connectivity index (χ3v) is 3.73. The number of carbonyl (C=O) groups excluding carboxylic acids is 1. The zero-order chi connectivity index (χ0) is 14.5. The topological polar surface area (TPSA) is 59.0 Å². The first-order valence-electron chi connectivity index (χ1n) is 7.40. The first-order chi connectivity index (χ1) is 10.3. The van der Waals surface area contributed by atoms with Crippen molar-refractivity contribution in [2.45, 2.75) is 25.3 Å². The fraction of sp³-hybridized carbons (Fsp3) is 0.375. The van der Waals surface area contributed by atoms with Gasteiger partial charge in [0.15, 0.2) is 0 Å². The van der Waals surface area contributed by atoms with E-state index in [9.17, 15) is 4.79 Å².